The maximum absolute atomic E-state index is 12.1. The van der Waals surface area contributed by atoms with Gasteiger partial charge in [-0.05, 0) is 38.0 Å². The Balaban J connectivity index is 0.0000102. The number of hydrogen-bond acceptors (Lipinski definition) is 4. The summed E-state index contributed by atoms with van der Waals surface area (Å²) in [5.41, 5.74) is 0.576. The highest BCUT2D eigenvalue weighted by molar-refractivity contribution is 6.00. The van der Waals surface area contributed by atoms with Crippen LogP contribution in [0.5, 0.6) is 0 Å². The van der Waals surface area contributed by atoms with Crippen LogP contribution in [0.25, 0.3) is 0 Å². The van der Waals surface area contributed by atoms with Gasteiger partial charge in [0, 0.05) is 24.1 Å². The van der Waals surface area contributed by atoms with Gasteiger partial charge in [0.15, 0.2) is 5.78 Å². The van der Waals surface area contributed by atoms with E-state index in [9.17, 15) is 19.2 Å². The van der Waals surface area contributed by atoms with Crippen molar-refractivity contribution in [3.05, 3.63) is 29.3 Å². The molecule has 0 spiro atoms. The van der Waals surface area contributed by atoms with Crippen LogP contribution in [-0.2, 0) is 9.59 Å². The quantitative estimate of drug-likeness (QED) is 0.164. The second-order valence-electron chi connectivity index (χ2n) is 8.34. The first-order valence-electron chi connectivity index (χ1n) is 11.7. The maximum atomic E-state index is 12.1. The van der Waals surface area contributed by atoms with Gasteiger partial charge in [0.05, 0.1) is 5.56 Å². The summed E-state index contributed by atoms with van der Waals surface area (Å²) in [6.07, 6.45) is 13.6. The van der Waals surface area contributed by atoms with E-state index in [2.05, 4.69) is 5.32 Å². The van der Waals surface area contributed by atoms with Crippen molar-refractivity contribution in [2.75, 3.05) is 5.32 Å². The summed E-state index contributed by atoms with van der Waals surface area (Å²) in [4.78, 5) is 45.3. The van der Waals surface area contributed by atoms with E-state index in [-0.39, 0.29) is 36.7 Å². The van der Waals surface area contributed by atoms with Crippen LogP contribution < -0.4 is 5.32 Å². The molecule has 0 aliphatic rings. The molecule has 0 saturated carbocycles. The third kappa shape index (κ3) is 14.9. The van der Waals surface area contributed by atoms with Crippen LogP contribution in [-0.4, -0.2) is 33.8 Å². The van der Waals surface area contributed by atoms with Crippen molar-refractivity contribution in [1.29, 1.82) is 0 Å². The van der Waals surface area contributed by atoms with E-state index in [1.807, 2.05) is 0 Å². The van der Waals surface area contributed by atoms with Crippen LogP contribution in [0.2, 0.25) is 0 Å². The van der Waals surface area contributed by atoms with Crippen molar-refractivity contribution < 1.29 is 29.4 Å². The molecule has 1 rings (SSSR count). The van der Waals surface area contributed by atoms with E-state index < -0.39 is 11.9 Å². The van der Waals surface area contributed by atoms with Gasteiger partial charge >= 0.3 is 11.9 Å². The molecule has 0 unspecified atom stereocenters. The van der Waals surface area contributed by atoms with Gasteiger partial charge in [-0.15, -0.1) is 0 Å². The van der Waals surface area contributed by atoms with Crippen molar-refractivity contribution in [3.8, 4) is 0 Å². The van der Waals surface area contributed by atoms with Crippen LogP contribution in [0.3, 0.4) is 0 Å². The van der Waals surface area contributed by atoms with Gasteiger partial charge in [0.2, 0.25) is 5.91 Å². The lowest BCUT2D eigenvalue weighted by atomic mass is 10.0. The Morgan fingerprint density at radius 2 is 1.09 bits per heavy atom. The first kappa shape index (κ1) is 30.3. The van der Waals surface area contributed by atoms with Crippen molar-refractivity contribution in [2.24, 2.45) is 0 Å². The van der Waals surface area contributed by atoms with E-state index in [4.69, 9.17) is 10.2 Å². The summed E-state index contributed by atoms with van der Waals surface area (Å²) in [5, 5.41) is 20.4. The molecule has 1 aromatic rings. The molecule has 0 atom stereocenters. The molecule has 0 bridgehead atoms. The monoisotopic (exact) mass is 463 g/mol. The lowest BCUT2D eigenvalue weighted by Gasteiger charge is -2.08. The van der Waals surface area contributed by atoms with Gasteiger partial charge in [0.1, 0.15) is 0 Å². The van der Waals surface area contributed by atoms with E-state index in [0.29, 0.717) is 12.1 Å². The number of anilines is 1. The summed E-state index contributed by atoms with van der Waals surface area (Å²) >= 11 is 0. The molecular formula is C26H41NO6. The van der Waals surface area contributed by atoms with Gasteiger partial charge in [-0.3, -0.25) is 14.4 Å². The van der Waals surface area contributed by atoms with E-state index >= 15 is 0 Å². The number of hydrogen-bond donors (Lipinski definition) is 3. The molecule has 1 aromatic carbocycles. The molecule has 186 valence electrons. The largest absolute Gasteiger partial charge is 0.481 e. The molecule has 7 nitrogen and oxygen atoms in total. The van der Waals surface area contributed by atoms with Gasteiger partial charge < -0.3 is 15.5 Å². The van der Waals surface area contributed by atoms with Crippen molar-refractivity contribution in [2.45, 2.75) is 104 Å². The number of Topliss-reactive ketones (excluding diaryl/α,β-unsaturated/α-hetero) is 1. The fourth-order valence-electron chi connectivity index (χ4n) is 3.58. The molecule has 0 aliphatic carbocycles. The molecule has 1 amide bonds. The number of carbonyl (C=O) groups excluding carboxylic acids is 2. The smallest absolute Gasteiger partial charge is 0.335 e. The average molecular weight is 464 g/mol. The molecule has 33 heavy (non-hydrogen) atoms. The van der Waals surface area contributed by atoms with Crippen LogP contribution in [0.15, 0.2) is 18.2 Å². The number of ketones is 1. The summed E-state index contributed by atoms with van der Waals surface area (Å²) in [5.74, 6) is -2.27. The van der Waals surface area contributed by atoms with Crippen LogP contribution in [0.1, 0.15) is 125 Å². The highest BCUT2D eigenvalue weighted by Crippen LogP contribution is 2.17. The minimum absolute atomic E-state index is 0. The molecule has 3 N–H and O–H groups in total. The first-order chi connectivity index (χ1) is 15.3. The number of unbranched alkanes of at least 4 members (excludes halogenated alkanes) is 11. The highest BCUT2D eigenvalue weighted by Gasteiger charge is 2.11. The second-order valence-corrected chi connectivity index (χ2v) is 8.34. The molecule has 0 heterocycles. The molecule has 0 radical (unpaired) electrons. The number of benzene rings is 1. The van der Waals surface area contributed by atoms with Gasteiger partial charge in [0.25, 0.3) is 0 Å². The SMILES string of the molecule is C.CC(=O)c1cc(NC(=O)CCCCCCCCCCCCCCC(=O)O)cc(C(=O)O)c1. The summed E-state index contributed by atoms with van der Waals surface area (Å²) in [6, 6.07) is 4.17. The zero-order valence-corrected chi connectivity index (χ0v) is 19.2. The Hall–Kier alpha value is -2.70. The van der Waals surface area contributed by atoms with Gasteiger partial charge in [-0.1, -0.05) is 71.6 Å². The average Bonchev–Trinajstić information content (AvgIpc) is 2.73. The Morgan fingerprint density at radius 1 is 0.667 bits per heavy atom. The Labute approximate surface area is 198 Å². The normalized spacial score (nSPS) is 10.3. The fourth-order valence-corrected chi connectivity index (χ4v) is 3.58. The van der Waals surface area contributed by atoms with E-state index in [0.717, 1.165) is 44.9 Å². The summed E-state index contributed by atoms with van der Waals surface area (Å²) < 4.78 is 0. The zero-order valence-electron chi connectivity index (χ0n) is 19.2. The molecule has 0 aliphatic heterocycles. The highest BCUT2D eigenvalue weighted by atomic mass is 16.4. The predicted octanol–water partition coefficient (Wildman–Crippen LogP) is 6.71. The minimum atomic E-state index is -1.14. The molecule has 0 fully saturated rings. The predicted molar refractivity (Wildman–Crippen MR) is 131 cm³/mol. The second kappa shape index (κ2) is 17.8. The number of carbonyl (C=O) groups is 4. The number of aliphatic carboxylic acids is 1. The van der Waals surface area contributed by atoms with Crippen LogP contribution >= 0.6 is 0 Å². The third-order valence-electron chi connectivity index (χ3n) is 5.41. The molecule has 0 aromatic heterocycles. The number of aromatic carboxylic acids is 1. The molecule has 0 saturated heterocycles. The van der Waals surface area contributed by atoms with Crippen molar-refractivity contribution in [1.82, 2.24) is 0 Å². The van der Waals surface area contributed by atoms with Crippen molar-refractivity contribution in [3.63, 3.8) is 0 Å². The fraction of sp³-hybridized carbons (Fsp3) is 0.615. The Bertz CT molecular complexity index is 727. The number of carboxylic acids is 2. The first-order valence-corrected chi connectivity index (χ1v) is 11.7. The lowest BCUT2D eigenvalue weighted by molar-refractivity contribution is -0.137. The molecular weight excluding hydrogens is 422 g/mol. The number of nitrogens with one attached hydrogen (secondary N) is 1. The Kier molecular flexibility index (Phi) is 16.4. The van der Waals surface area contributed by atoms with Crippen LogP contribution in [0.4, 0.5) is 5.69 Å². The molecule has 7 heteroatoms. The van der Waals surface area contributed by atoms with Crippen molar-refractivity contribution >= 4 is 29.3 Å². The van der Waals surface area contributed by atoms with E-state index in [1.54, 1.807) is 0 Å². The number of carboxylic acid groups (broad SMARTS) is 2. The standard InChI is InChI=1S/C25H37NO6.CH4/c1-19(27)20-16-21(25(31)32)18-22(17-20)26-23(28)14-12-10-8-6-4-2-3-5-7-9-11-13-15-24(29)30;/h16-18H,2-15H2,1H3,(H,26,28)(H,29,30)(H,31,32);1H4. The van der Waals surface area contributed by atoms with Gasteiger partial charge in [-0.2, -0.15) is 0 Å². The minimum Gasteiger partial charge on any atom is -0.481 e. The maximum Gasteiger partial charge on any atom is 0.335 e. The summed E-state index contributed by atoms with van der Waals surface area (Å²) in [7, 11) is 0. The van der Waals surface area contributed by atoms with Gasteiger partial charge in [-0.25, -0.2) is 4.79 Å². The Morgan fingerprint density at radius 3 is 1.52 bits per heavy atom. The number of amides is 1. The summed E-state index contributed by atoms with van der Waals surface area (Å²) in [6.45, 7) is 1.36. The van der Waals surface area contributed by atoms with E-state index in [1.165, 1.54) is 57.2 Å². The zero-order chi connectivity index (χ0) is 23.8. The van der Waals surface area contributed by atoms with Crippen LogP contribution in [0, 0.1) is 0 Å². The number of rotatable bonds is 18. The lowest BCUT2D eigenvalue weighted by Crippen LogP contribution is -2.12. The topological polar surface area (TPSA) is 121 Å². The third-order valence-corrected chi connectivity index (χ3v) is 5.41.